The first kappa shape index (κ1) is 14.0. The van der Waals surface area contributed by atoms with Crippen molar-refractivity contribution in [2.75, 3.05) is 12.0 Å². The number of aliphatic hydroxyl groups excluding tert-OH is 1. The molecule has 23 heavy (non-hydrogen) atoms. The molecule has 6 heteroatoms. The normalized spacial score (nSPS) is 25.1. The lowest BCUT2D eigenvalue weighted by Crippen LogP contribution is -2.70. The van der Waals surface area contributed by atoms with Crippen LogP contribution in [0.3, 0.4) is 0 Å². The Kier molecular flexibility index (Phi) is 3.02. The predicted molar refractivity (Wildman–Crippen MR) is 80.0 cm³/mol. The molecule has 1 N–H and O–H groups in total. The summed E-state index contributed by atoms with van der Waals surface area (Å²) in [6.45, 7) is 0. The Bertz CT molecular complexity index is 777. The zero-order chi connectivity index (χ0) is 16.1. The molecule has 0 aromatic heterocycles. The van der Waals surface area contributed by atoms with E-state index in [1.54, 1.807) is 31.4 Å². The maximum Gasteiger partial charge on any atom is 0.270 e. The van der Waals surface area contributed by atoms with E-state index in [0.29, 0.717) is 22.7 Å². The van der Waals surface area contributed by atoms with Gasteiger partial charge in [-0.15, -0.1) is 0 Å². The lowest BCUT2D eigenvalue weighted by molar-refractivity contribution is -0.141. The zero-order valence-corrected chi connectivity index (χ0v) is 12.3. The average Bonchev–Trinajstić information content (AvgIpc) is 2.57. The van der Waals surface area contributed by atoms with Gasteiger partial charge >= 0.3 is 0 Å². The predicted octanol–water partition coefficient (Wildman–Crippen LogP) is 2.04. The number of anilines is 1. The molecule has 2 aliphatic rings. The summed E-state index contributed by atoms with van der Waals surface area (Å²) in [4.78, 5) is 13.8. The van der Waals surface area contributed by atoms with Crippen LogP contribution in [0.5, 0.6) is 11.5 Å². The number of hydrogen-bond donors (Lipinski definition) is 1. The number of hydrogen-bond acceptors (Lipinski definition) is 4. The Hall–Kier alpha value is -2.60. The number of amides is 1. The Labute approximate surface area is 131 Å². The van der Waals surface area contributed by atoms with E-state index in [0.717, 1.165) is 0 Å². The smallest absolute Gasteiger partial charge is 0.270 e. The Morgan fingerprint density at radius 1 is 1.22 bits per heavy atom. The van der Waals surface area contributed by atoms with E-state index < -0.39 is 24.1 Å². The molecule has 118 valence electrons. The minimum Gasteiger partial charge on any atom is -0.497 e. The van der Waals surface area contributed by atoms with E-state index in [-0.39, 0.29) is 5.91 Å². The van der Waals surface area contributed by atoms with Crippen molar-refractivity contribution in [3.8, 4) is 11.5 Å². The first-order valence-corrected chi connectivity index (χ1v) is 7.21. The van der Waals surface area contributed by atoms with E-state index in [9.17, 15) is 14.3 Å². The molecule has 4 rings (SSSR count). The molecule has 1 saturated heterocycles. The lowest BCUT2D eigenvalue weighted by atomic mass is 9.85. The van der Waals surface area contributed by atoms with E-state index in [1.807, 2.05) is 0 Å². The van der Waals surface area contributed by atoms with Crippen molar-refractivity contribution >= 4 is 11.6 Å². The molecular weight excluding hydrogens is 301 g/mol. The fourth-order valence-electron chi connectivity index (χ4n) is 3.13. The number of carbonyl (C=O) groups is 1. The third-order valence-corrected chi connectivity index (χ3v) is 4.31. The van der Waals surface area contributed by atoms with Crippen LogP contribution < -0.4 is 14.4 Å². The van der Waals surface area contributed by atoms with Crippen molar-refractivity contribution in [1.82, 2.24) is 0 Å². The fourth-order valence-corrected chi connectivity index (χ4v) is 3.13. The van der Waals surface area contributed by atoms with Crippen molar-refractivity contribution < 1.29 is 23.8 Å². The topological polar surface area (TPSA) is 59.0 Å². The Morgan fingerprint density at radius 3 is 2.65 bits per heavy atom. The summed E-state index contributed by atoms with van der Waals surface area (Å²) >= 11 is 0. The van der Waals surface area contributed by atoms with Crippen molar-refractivity contribution in [2.24, 2.45) is 0 Å². The van der Waals surface area contributed by atoms with Gasteiger partial charge in [-0.2, -0.15) is 0 Å². The van der Waals surface area contributed by atoms with Gasteiger partial charge in [0.05, 0.1) is 7.11 Å². The largest absolute Gasteiger partial charge is 0.497 e. The van der Waals surface area contributed by atoms with Gasteiger partial charge in [-0.1, -0.05) is 0 Å². The molecule has 2 heterocycles. The number of halogens is 1. The third-order valence-electron chi connectivity index (χ3n) is 4.31. The van der Waals surface area contributed by atoms with Crippen LogP contribution >= 0.6 is 0 Å². The second kappa shape index (κ2) is 4.96. The highest BCUT2D eigenvalue weighted by Gasteiger charge is 2.56. The molecule has 0 radical (unpaired) electrons. The van der Waals surface area contributed by atoms with Crippen LogP contribution in [0.4, 0.5) is 10.1 Å². The van der Waals surface area contributed by atoms with Crippen LogP contribution in [0.2, 0.25) is 0 Å². The van der Waals surface area contributed by atoms with E-state index >= 15 is 0 Å². The maximum absolute atomic E-state index is 13.4. The zero-order valence-electron chi connectivity index (χ0n) is 12.3. The van der Waals surface area contributed by atoms with Gasteiger partial charge in [0.2, 0.25) is 6.10 Å². The molecule has 0 spiro atoms. The number of fused-ring (bicyclic) bond motifs is 2. The quantitative estimate of drug-likeness (QED) is 0.862. The summed E-state index contributed by atoms with van der Waals surface area (Å²) in [5.41, 5.74) is 0.997. The van der Waals surface area contributed by atoms with Crippen LogP contribution in [0.1, 0.15) is 11.7 Å². The molecule has 2 aliphatic heterocycles. The van der Waals surface area contributed by atoms with E-state index in [4.69, 9.17) is 9.47 Å². The van der Waals surface area contributed by atoms with Gasteiger partial charge in [0.15, 0.2) is 0 Å². The van der Waals surface area contributed by atoms with Gasteiger partial charge in [0, 0.05) is 11.3 Å². The highest BCUT2D eigenvalue weighted by Crippen LogP contribution is 2.44. The second-order valence-corrected chi connectivity index (χ2v) is 5.56. The molecule has 0 unspecified atom stereocenters. The molecular formula is C17H14FNO4. The molecule has 1 amide bonds. The van der Waals surface area contributed by atoms with Crippen LogP contribution in [-0.4, -0.2) is 30.3 Å². The molecule has 2 aromatic rings. The van der Waals surface area contributed by atoms with Crippen molar-refractivity contribution in [3.63, 3.8) is 0 Å². The molecule has 1 fully saturated rings. The van der Waals surface area contributed by atoms with Gasteiger partial charge in [-0.3, -0.25) is 9.69 Å². The van der Waals surface area contributed by atoms with Crippen molar-refractivity contribution in [3.05, 3.63) is 53.8 Å². The number of methoxy groups -OCH3 is 1. The fraction of sp³-hybridized carbons (Fsp3) is 0.235. The van der Waals surface area contributed by atoms with Crippen LogP contribution in [-0.2, 0) is 4.79 Å². The first-order valence-electron chi connectivity index (χ1n) is 7.21. The monoisotopic (exact) mass is 315 g/mol. The average molecular weight is 315 g/mol. The van der Waals surface area contributed by atoms with E-state index in [1.165, 1.54) is 23.1 Å². The second-order valence-electron chi connectivity index (χ2n) is 5.56. The molecule has 0 aliphatic carbocycles. The SMILES string of the molecule is COc1ccc(N2C(=O)[C@@H]3Oc4ccc(F)cc4[C@@H](O)[C@@H]32)cc1. The number of rotatable bonds is 2. The summed E-state index contributed by atoms with van der Waals surface area (Å²) in [5, 5.41) is 10.6. The van der Waals surface area contributed by atoms with Gasteiger partial charge in [-0.25, -0.2) is 4.39 Å². The first-order chi connectivity index (χ1) is 11.1. The number of ether oxygens (including phenoxy) is 2. The van der Waals surface area contributed by atoms with Gasteiger partial charge in [0.1, 0.15) is 29.5 Å². The summed E-state index contributed by atoms with van der Waals surface area (Å²) < 4.78 is 24.1. The van der Waals surface area contributed by atoms with Crippen LogP contribution in [0.15, 0.2) is 42.5 Å². The molecule has 5 nitrogen and oxygen atoms in total. The minimum atomic E-state index is -1.00. The number of aliphatic hydroxyl groups is 1. The van der Waals surface area contributed by atoms with Crippen molar-refractivity contribution in [2.45, 2.75) is 18.2 Å². The summed E-state index contributed by atoms with van der Waals surface area (Å²) in [7, 11) is 1.56. The highest BCUT2D eigenvalue weighted by molar-refractivity contribution is 6.05. The van der Waals surface area contributed by atoms with Gasteiger partial charge < -0.3 is 14.6 Å². The number of nitrogens with zero attached hydrogens (tertiary/aromatic N) is 1. The summed E-state index contributed by atoms with van der Waals surface area (Å²) in [6.07, 6.45) is -1.75. The van der Waals surface area contributed by atoms with Crippen molar-refractivity contribution in [1.29, 1.82) is 0 Å². The molecule has 3 atom stereocenters. The minimum absolute atomic E-state index is 0.228. The van der Waals surface area contributed by atoms with E-state index in [2.05, 4.69) is 0 Å². The number of carbonyl (C=O) groups excluding carboxylic acids is 1. The van der Waals surface area contributed by atoms with Crippen LogP contribution in [0.25, 0.3) is 0 Å². The number of benzene rings is 2. The highest BCUT2D eigenvalue weighted by atomic mass is 19.1. The van der Waals surface area contributed by atoms with Gasteiger partial charge in [0.25, 0.3) is 5.91 Å². The molecule has 0 bridgehead atoms. The van der Waals surface area contributed by atoms with Gasteiger partial charge in [-0.05, 0) is 42.5 Å². The third kappa shape index (κ3) is 1.98. The maximum atomic E-state index is 13.4. The Balaban J connectivity index is 1.69. The standard InChI is InChI=1S/C17H14FNO4/c1-22-11-5-3-10(4-6-11)19-14-15(20)12-8-9(18)2-7-13(12)23-16(14)17(19)21/h2-8,14-16,20H,1H3/t14-,15+,16+/m0/s1. The summed E-state index contributed by atoms with van der Waals surface area (Å²) in [5.74, 6) is 0.342. The molecule has 2 aromatic carbocycles. The van der Waals surface area contributed by atoms with Crippen LogP contribution in [0, 0.1) is 5.82 Å². The molecule has 0 saturated carbocycles. The number of β-lactam (4-membered cyclic amide) rings is 1. The Morgan fingerprint density at radius 2 is 1.96 bits per heavy atom. The summed E-state index contributed by atoms with van der Waals surface area (Å²) in [6, 6.07) is 10.3. The lowest BCUT2D eigenvalue weighted by Gasteiger charge is -2.51.